The predicted molar refractivity (Wildman–Crippen MR) is 65.7 cm³/mol. The second kappa shape index (κ2) is 6.93. The van der Waals surface area contributed by atoms with Gasteiger partial charge in [0.15, 0.2) is 0 Å². The van der Waals surface area contributed by atoms with Crippen molar-refractivity contribution in [3.63, 3.8) is 0 Å². The summed E-state index contributed by atoms with van der Waals surface area (Å²) in [6.45, 7) is 5.87. The van der Waals surface area contributed by atoms with E-state index in [0.717, 1.165) is 32.5 Å². The fraction of sp³-hybridized carbons (Fsp3) is 0.917. The third-order valence-corrected chi connectivity index (χ3v) is 3.06. The summed E-state index contributed by atoms with van der Waals surface area (Å²) >= 11 is 0. The summed E-state index contributed by atoms with van der Waals surface area (Å²) in [5.41, 5.74) is 5.57. The minimum Gasteiger partial charge on any atom is -0.381 e. The van der Waals surface area contributed by atoms with Crippen molar-refractivity contribution in [2.24, 2.45) is 5.73 Å². The van der Waals surface area contributed by atoms with Crippen molar-refractivity contribution in [2.75, 3.05) is 26.4 Å². The van der Waals surface area contributed by atoms with Gasteiger partial charge in [-0.1, -0.05) is 6.92 Å². The lowest BCUT2D eigenvalue weighted by atomic mass is 10.0. The van der Waals surface area contributed by atoms with Crippen molar-refractivity contribution >= 4 is 5.91 Å². The summed E-state index contributed by atoms with van der Waals surface area (Å²) in [5.74, 6) is -0.0659. The van der Waals surface area contributed by atoms with Crippen LogP contribution in [0, 0.1) is 0 Å². The molecule has 0 aromatic heterocycles. The molecule has 1 aliphatic heterocycles. The molecule has 0 aromatic carbocycles. The highest BCUT2D eigenvalue weighted by molar-refractivity contribution is 5.77. The third kappa shape index (κ3) is 6.00. The number of amides is 1. The Morgan fingerprint density at radius 1 is 1.53 bits per heavy atom. The van der Waals surface area contributed by atoms with Crippen molar-refractivity contribution in [1.82, 2.24) is 5.32 Å². The zero-order valence-corrected chi connectivity index (χ0v) is 10.8. The monoisotopic (exact) mass is 244 g/mol. The van der Waals surface area contributed by atoms with Crippen LogP contribution in [0.5, 0.6) is 0 Å². The van der Waals surface area contributed by atoms with E-state index in [1.807, 2.05) is 13.8 Å². The Kier molecular flexibility index (Phi) is 5.88. The second-order valence-electron chi connectivity index (χ2n) is 4.95. The standard InChI is InChI=1S/C12H24N2O3/c1-3-12(2,13)9-17-8-11(15)14-10-4-6-16-7-5-10/h10H,3-9,13H2,1-2H3,(H,14,15). The normalized spacial score (nSPS) is 20.9. The molecular weight excluding hydrogens is 220 g/mol. The zero-order chi connectivity index (χ0) is 12.7. The molecule has 0 aromatic rings. The van der Waals surface area contributed by atoms with Crippen LogP contribution in [0.2, 0.25) is 0 Å². The minimum atomic E-state index is -0.348. The molecule has 1 saturated heterocycles. The van der Waals surface area contributed by atoms with E-state index in [0.29, 0.717) is 6.61 Å². The van der Waals surface area contributed by atoms with E-state index >= 15 is 0 Å². The molecule has 1 fully saturated rings. The highest BCUT2D eigenvalue weighted by atomic mass is 16.5. The Bertz CT molecular complexity index is 238. The molecule has 1 rings (SSSR count). The second-order valence-corrected chi connectivity index (χ2v) is 4.95. The van der Waals surface area contributed by atoms with E-state index in [-0.39, 0.29) is 24.1 Å². The first-order valence-electron chi connectivity index (χ1n) is 6.27. The lowest BCUT2D eigenvalue weighted by molar-refractivity contribution is -0.127. The molecule has 17 heavy (non-hydrogen) atoms. The van der Waals surface area contributed by atoms with Gasteiger partial charge >= 0.3 is 0 Å². The van der Waals surface area contributed by atoms with Gasteiger partial charge in [0.2, 0.25) is 5.91 Å². The summed E-state index contributed by atoms with van der Waals surface area (Å²) in [7, 11) is 0. The van der Waals surface area contributed by atoms with Crippen LogP contribution in [-0.4, -0.2) is 43.9 Å². The van der Waals surface area contributed by atoms with Crippen LogP contribution >= 0.6 is 0 Å². The van der Waals surface area contributed by atoms with Crippen LogP contribution in [0.1, 0.15) is 33.1 Å². The summed E-state index contributed by atoms with van der Waals surface area (Å²) in [5, 5.41) is 2.94. The molecule has 100 valence electrons. The van der Waals surface area contributed by atoms with E-state index in [2.05, 4.69) is 5.32 Å². The largest absolute Gasteiger partial charge is 0.381 e. The van der Waals surface area contributed by atoms with Crippen LogP contribution in [0.15, 0.2) is 0 Å². The highest BCUT2D eigenvalue weighted by Gasteiger charge is 2.18. The number of hydrogen-bond acceptors (Lipinski definition) is 4. The van der Waals surface area contributed by atoms with Crippen molar-refractivity contribution in [3.05, 3.63) is 0 Å². The number of carbonyl (C=O) groups is 1. The lowest BCUT2D eigenvalue weighted by Crippen LogP contribution is -2.43. The van der Waals surface area contributed by atoms with Crippen molar-refractivity contribution in [1.29, 1.82) is 0 Å². The number of rotatable bonds is 6. The summed E-state index contributed by atoms with van der Waals surface area (Å²) in [6, 6.07) is 0.232. The summed E-state index contributed by atoms with van der Waals surface area (Å²) < 4.78 is 10.5. The van der Waals surface area contributed by atoms with E-state index in [1.54, 1.807) is 0 Å². The fourth-order valence-electron chi connectivity index (χ4n) is 1.59. The number of ether oxygens (including phenoxy) is 2. The highest BCUT2D eigenvalue weighted by Crippen LogP contribution is 2.06. The molecule has 0 saturated carbocycles. The minimum absolute atomic E-state index is 0.0659. The van der Waals surface area contributed by atoms with Crippen molar-refractivity contribution in [3.8, 4) is 0 Å². The molecule has 5 heteroatoms. The van der Waals surface area contributed by atoms with Crippen LogP contribution in [0.25, 0.3) is 0 Å². The first-order chi connectivity index (χ1) is 8.03. The van der Waals surface area contributed by atoms with E-state index in [9.17, 15) is 4.79 Å². The molecule has 1 heterocycles. The Morgan fingerprint density at radius 3 is 2.76 bits per heavy atom. The molecular formula is C12H24N2O3. The van der Waals surface area contributed by atoms with Gasteiger partial charge in [0.25, 0.3) is 0 Å². The molecule has 1 aliphatic rings. The maximum Gasteiger partial charge on any atom is 0.246 e. The molecule has 0 radical (unpaired) electrons. The van der Waals surface area contributed by atoms with Gasteiger partial charge in [-0.05, 0) is 26.2 Å². The van der Waals surface area contributed by atoms with Gasteiger partial charge in [0.05, 0.1) is 6.61 Å². The van der Waals surface area contributed by atoms with Crippen LogP contribution in [0.3, 0.4) is 0 Å². The molecule has 1 atom stereocenters. The SMILES string of the molecule is CCC(C)(N)COCC(=O)NC1CCOCC1. The van der Waals surface area contributed by atoms with Gasteiger partial charge in [-0.25, -0.2) is 0 Å². The van der Waals surface area contributed by atoms with Gasteiger partial charge in [-0.3, -0.25) is 4.79 Å². The van der Waals surface area contributed by atoms with Gasteiger partial charge in [0, 0.05) is 24.8 Å². The average Bonchev–Trinajstić information content (AvgIpc) is 2.30. The van der Waals surface area contributed by atoms with Crippen LogP contribution in [-0.2, 0) is 14.3 Å². The smallest absolute Gasteiger partial charge is 0.246 e. The Morgan fingerprint density at radius 2 is 2.18 bits per heavy atom. The lowest BCUT2D eigenvalue weighted by Gasteiger charge is -2.24. The van der Waals surface area contributed by atoms with Gasteiger partial charge in [0.1, 0.15) is 6.61 Å². The predicted octanol–water partition coefficient (Wildman–Crippen LogP) is 0.426. The quantitative estimate of drug-likeness (QED) is 0.710. The van der Waals surface area contributed by atoms with Gasteiger partial charge < -0.3 is 20.5 Å². The fourth-order valence-corrected chi connectivity index (χ4v) is 1.59. The molecule has 3 N–H and O–H groups in total. The molecule has 1 amide bonds. The van der Waals surface area contributed by atoms with E-state index in [1.165, 1.54) is 0 Å². The maximum atomic E-state index is 11.6. The first-order valence-corrected chi connectivity index (χ1v) is 6.27. The van der Waals surface area contributed by atoms with Gasteiger partial charge in [-0.15, -0.1) is 0 Å². The first kappa shape index (κ1) is 14.4. The number of carbonyl (C=O) groups excluding carboxylic acids is 1. The summed E-state index contributed by atoms with van der Waals surface area (Å²) in [6.07, 6.45) is 2.60. The molecule has 1 unspecified atom stereocenters. The summed E-state index contributed by atoms with van der Waals surface area (Å²) in [4.78, 5) is 11.6. The number of nitrogens with one attached hydrogen (secondary N) is 1. The molecule has 5 nitrogen and oxygen atoms in total. The third-order valence-electron chi connectivity index (χ3n) is 3.06. The average molecular weight is 244 g/mol. The Balaban J connectivity index is 2.12. The van der Waals surface area contributed by atoms with Crippen LogP contribution < -0.4 is 11.1 Å². The van der Waals surface area contributed by atoms with Crippen molar-refractivity contribution < 1.29 is 14.3 Å². The maximum absolute atomic E-state index is 11.6. The molecule has 0 bridgehead atoms. The van der Waals surface area contributed by atoms with Crippen molar-refractivity contribution in [2.45, 2.75) is 44.7 Å². The van der Waals surface area contributed by atoms with E-state index < -0.39 is 0 Å². The Labute approximate surface area is 103 Å². The molecule has 0 spiro atoms. The number of nitrogens with two attached hydrogens (primary N) is 1. The molecule has 0 aliphatic carbocycles. The topological polar surface area (TPSA) is 73.6 Å². The van der Waals surface area contributed by atoms with E-state index in [4.69, 9.17) is 15.2 Å². The number of hydrogen-bond donors (Lipinski definition) is 2. The zero-order valence-electron chi connectivity index (χ0n) is 10.8. The van der Waals surface area contributed by atoms with Gasteiger partial charge in [-0.2, -0.15) is 0 Å². The van der Waals surface area contributed by atoms with Crippen LogP contribution in [0.4, 0.5) is 0 Å². The Hall–Kier alpha value is -0.650.